The van der Waals surface area contributed by atoms with Crippen molar-refractivity contribution in [2.24, 2.45) is 0 Å². The standard InChI is InChI=1S/C14H19N3O2/c1-11-16-12(4-2-3-9-18)10-14(17-11)19-13-5-7-15-8-6-13/h10,13,15,18H,3,5-9H2,1H3. The Balaban J connectivity index is 2.05. The summed E-state index contributed by atoms with van der Waals surface area (Å²) in [6, 6.07) is 1.76. The minimum Gasteiger partial charge on any atom is -0.474 e. The molecule has 0 aliphatic carbocycles. The largest absolute Gasteiger partial charge is 0.474 e. The van der Waals surface area contributed by atoms with Crippen molar-refractivity contribution in [3.63, 3.8) is 0 Å². The zero-order valence-corrected chi connectivity index (χ0v) is 11.1. The van der Waals surface area contributed by atoms with E-state index in [4.69, 9.17) is 9.84 Å². The number of aromatic nitrogens is 2. The first-order valence-electron chi connectivity index (χ1n) is 6.60. The van der Waals surface area contributed by atoms with Crippen LogP contribution in [0, 0.1) is 18.8 Å². The van der Waals surface area contributed by atoms with E-state index in [1.54, 1.807) is 6.07 Å². The van der Waals surface area contributed by atoms with Crippen LogP contribution in [0.5, 0.6) is 5.88 Å². The summed E-state index contributed by atoms with van der Waals surface area (Å²) in [6.07, 6.45) is 2.66. The molecule has 2 N–H and O–H groups in total. The van der Waals surface area contributed by atoms with E-state index < -0.39 is 0 Å². The van der Waals surface area contributed by atoms with E-state index in [2.05, 4.69) is 27.1 Å². The van der Waals surface area contributed by atoms with Crippen molar-refractivity contribution < 1.29 is 9.84 Å². The zero-order chi connectivity index (χ0) is 13.5. The third-order valence-corrected chi connectivity index (χ3v) is 2.84. The smallest absolute Gasteiger partial charge is 0.218 e. The van der Waals surface area contributed by atoms with Gasteiger partial charge in [0.25, 0.3) is 0 Å². The highest BCUT2D eigenvalue weighted by Gasteiger charge is 2.15. The maximum absolute atomic E-state index is 8.70. The van der Waals surface area contributed by atoms with Gasteiger partial charge in [0.05, 0.1) is 6.61 Å². The molecule has 5 heteroatoms. The monoisotopic (exact) mass is 261 g/mol. The van der Waals surface area contributed by atoms with Gasteiger partial charge in [-0.3, -0.25) is 0 Å². The molecule has 0 bridgehead atoms. The molecule has 102 valence electrons. The average Bonchev–Trinajstić information content (AvgIpc) is 2.39. The van der Waals surface area contributed by atoms with Crippen LogP contribution in [-0.4, -0.2) is 40.9 Å². The lowest BCUT2D eigenvalue weighted by atomic mass is 10.1. The van der Waals surface area contributed by atoms with Gasteiger partial charge in [0, 0.05) is 12.5 Å². The molecule has 0 unspecified atom stereocenters. The lowest BCUT2D eigenvalue weighted by Crippen LogP contribution is -2.34. The van der Waals surface area contributed by atoms with E-state index in [-0.39, 0.29) is 12.7 Å². The number of aryl methyl sites for hydroxylation is 1. The van der Waals surface area contributed by atoms with E-state index in [9.17, 15) is 0 Å². The number of nitrogens with zero attached hydrogens (tertiary/aromatic N) is 2. The average molecular weight is 261 g/mol. The highest BCUT2D eigenvalue weighted by molar-refractivity contribution is 5.31. The molecule has 1 fully saturated rings. The van der Waals surface area contributed by atoms with E-state index in [1.165, 1.54) is 0 Å². The molecule has 2 heterocycles. The topological polar surface area (TPSA) is 67.3 Å². The molecule has 0 atom stereocenters. The molecule has 1 aliphatic rings. The third kappa shape index (κ3) is 4.51. The number of aliphatic hydroxyl groups excluding tert-OH is 1. The molecule has 5 nitrogen and oxygen atoms in total. The zero-order valence-electron chi connectivity index (χ0n) is 11.1. The van der Waals surface area contributed by atoms with Gasteiger partial charge in [-0.1, -0.05) is 5.92 Å². The first-order valence-corrected chi connectivity index (χ1v) is 6.60. The summed E-state index contributed by atoms with van der Waals surface area (Å²) in [7, 11) is 0. The van der Waals surface area contributed by atoms with Gasteiger partial charge in [0.15, 0.2) is 0 Å². The summed E-state index contributed by atoms with van der Waals surface area (Å²) in [5, 5.41) is 12.0. The van der Waals surface area contributed by atoms with Gasteiger partial charge in [-0.25, -0.2) is 4.98 Å². The fourth-order valence-corrected chi connectivity index (χ4v) is 1.96. The summed E-state index contributed by atoms with van der Waals surface area (Å²) in [6.45, 7) is 3.86. The first kappa shape index (κ1) is 13.8. The molecule has 0 spiro atoms. The van der Waals surface area contributed by atoms with Crippen LogP contribution in [0.15, 0.2) is 6.07 Å². The maximum Gasteiger partial charge on any atom is 0.218 e. The lowest BCUT2D eigenvalue weighted by molar-refractivity contribution is 0.155. The second kappa shape index (κ2) is 7.07. The molecule has 1 aliphatic heterocycles. The van der Waals surface area contributed by atoms with Crippen LogP contribution in [0.3, 0.4) is 0 Å². The minimum absolute atomic E-state index is 0.0650. The molecule has 1 saturated heterocycles. The van der Waals surface area contributed by atoms with Crippen molar-refractivity contribution in [2.45, 2.75) is 32.3 Å². The summed E-state index contributed by atoms with van der Waals surface area (Å²) in [5.74, 6) is 7.01. The molecule has 2 rings (SSSR count). The van der Waals surface area contributed by atoms with Crippen LogP contribution in [0.25, 0.3) is 0 Å². The van der Waals surface area contributed by atoms with Crippen molar-refractivity contribution in [3.8, 4) is 17.7 Å². The predicted octanol–water partition coefficient (Wildman–Crippen LogP) is 0.650. The fourth-order valence-electron chi connectivity index (χ4n) is 1.96. The number of rotatable bonds is 3. The molecule has 0 saturated carbocycles. The Morgan fingerprint density at radius 1 is 1.42 bits per heavy atom. The van der Waals surface area contributed by atoms with Gasteiger partial charge in [0.2, 0.25) is 5.88 Å². The Bertz CT molecular complexity index is 473. The highest BCUT2D eigenvalue weighted by Crippen LogP contribution is 2.15. The number of piperidine rings is 1. The van der Waals surface area contributed by atoms with Crippen LogP contribution >= 0.6 is 0 Å². The maximum atomic E-state index is 8.70. The Labute approximate surface area is 113 Å². The second-order valence-electron chi connectivity index (χ2n) is 4.48. The predicted molar refractivity (Wildman–Crippen MR) is 71.9 cm³/mol. The highest BCUT2D eigenvalue weighted by atomic mass is 16.5. The molecular weight excluding hydrogens is 242 g/mol. The summed E-state index contributed by atoms with van der Waals surface area (Å²) in [5.41, 5.74) is 0.643. The number of hydrogen-bond donors (Lipinski definition) is 2. The minimum atomic E-state index is 0.0650. The van der Waals surface area contributed by atoms with E-state index >= 15 is 0 Å². The van der Waals surface area contributed by atoms with E-state index in [0.717, 1.165) is 25.9 Å². The first-order chi connectivity index (χ1) is 9.28. The Morgan fingerprint density at radius 2 is 2.21 bits per heavy atom. The van der Waals surface area contributed by atoms with Crippen molar-refractivity contribution >= 4 is 0 Å². The van der Waals surface area contributed by atoms with Gasteiger partial charge in [-0.05, 0) is 38.8 Å². The third-order valence-electron chi connectivity index (χ3n) is 2.84. The number of ether oxygens (including phenoxy) is 1. The fraction of sp³-hybridized carbons (Fsp3) is 0.571. The van der Waals surface area contributed by atoms with Gasteiger partial charge >= 0.3 is 0 Å². The summed E-state index contributed by atoms with van der Waals surface area (Å²) < 4.78 is 5.87. The van der Waals surface area contributed by atoms with Gasteiger partial charge in [-0.15, -0.1) is 0 Å². The summed E-state index contributed by atoms with van der Waals surface area (Å²) in [4.78, 5) is 8.53. The van der Waals surface area contributed by atoms with Crippen LogP contribution in [-0.2, 0) is 0 Å². The van der Waals surface area contributed by atoms with E-state index in [1.807, 2.05) is 6.92 Å². The molecule has 1 aromatic heterocycles. The molecule has 0 amide bonds. The molecule has 0 aromatic carbocycles. The van der Waals surface area contributed by atoms with Crippen LogP contribution < -0.4 is 10.1 Å². The van der Waals surface area contributed by atoms with Crippen molar-refractivity contribution in [2.75, 3.05) is 19.7 Å². The molecule has 1 aromatic rings. The number of aliphatic hydroxyl groups is 1. The molecule has 0 radical (unpaired) electrons. The van der Waals surface area contributed by atoms with Crippen LogP contribution in [0.4, 0.5) is 0 Å². The molecular formula is C14H19N3O2. The van der Waals surface area contributed by atoms with E-state index in [0.29, 0.717) is 23.8 Å². The van der Waals surface area contributed by atoms with Gasteiger partial charge in [0.1, 0.15) is 17.6 Å². The second-order valence-corrected chi connectivity index (χ2v) is 4.48. The van der Waals surface area contributed by atoms with Crippen molar-refractivity contribution in [1.29, 1.82) is 0 Å². The van der Waals surface area contributed by atoms with Crippen molar-refractivity contribution in [3.05, 3.63) is 17.6 Å². The number of hydrogen-bond acceptors (Lipinski definition) is 5. The van der Waals surface area contributed by atoms with Gasteiger partial charge < -0.3 is 15.2 Å². The van der Waals surface area contributed by atoms with Gasteiger partial charge in [-0.2, -0.15) is 4.98 Å². The Hall–Kier alpha value is -1.64. The SMILES string of the molecule is Cc1nc(C#CCCO)cc(OC2CCNCC2)n1. The van der Waals surface area contributed by atoms with Crippen LogP contribution in [0.1, 0.15) is 30.8 Å². The molecule has 19 heavy (non-hydrogen) atoms. The summed E-state index contributed by atoms with van der Waals surface area (Å²) >= 11 is 0. The number of nitrogens with one attached hydrogen (secondary N) is 1. The Morgan fingerprint density at radius 3 is 2.95 bits per heavy atom. The van der Waals surface area contributed by atoms with Crippen molar-refractivity contribution in [1.82, 2.24) is 15.3 Å². The van der Waals surface area contributed by atoms with Crippen LogP contribution in [0.2, 0.25) is 0 Å². The Kier molecular flexibility index (Phi) is 5.13. The quantitative estimate of drug-likeness (QED) is 0.782. The normalized spacial score (nSPS) is 15.7. The lowest BCUT2D eigenvalue weighted by Gasteiger charge is -2.23.